The number of aromatic nitrogens is 1. The number of para-hydroxylation sites is 1. The number of hydrogen-bond donors (Lipinski definition) is 1. The molecule has 1 atom stereocenters. The molecule has 162 valence electrons. The molecule has 4 aromatic rings. The number of carbonyl (C=O) groups excluding carboxylic acids is 1. The number of benzene rings is 2. The molecule has 32 heavy (non-hydrogen) atoms. The molecule has 1 aliphatic heterocycles. The van der Waals surface area contributed by atoms with Crippen molar-refractivity contribution >= 4 is 23.1 Å². The van der Waals surface area contributed by atoms with Crippen LogP contribution in [0.2, 0.25) is 0 Å². The molecule has 0 radical (unpaired) electrons. The van der Waals surface area contributed by atoms with Crippen LogP contribution in [0.1, 0.15) is 22.2 Å². The van der Waals surface area contributed by atoms with Crippen molar-refractivity contribution in [3.63, 3.8) is 0 Å². The molecule has 0 spiro atoms. The molecule has 0 aliphatic carbocycles. The first kappa shape index (κ1) is 20.2. The average molecular weight is 446 g/mol. The molecule has 5 rings (SSSR count). The number of ether oxygens (including phenoxy) is 2. The number of anilines is 1. The lowest BCUT2D eigenvalue weighted by Crippen LogP contribution is -2.37. The SMILES string of the molecule is COc1cc(NC(=O)N2Cc3ccccc3-n3cccc3[C@@H]2c2cccs2)cc(OC)c1. The number of amides is 2. The fourth-order valence-electron chi connectivity index (χ4n) is 4.16. The second-order valence-corrected chi connectivity index (χ2v) is 8.49. The largest absolute Gasteiger partial charge is 0.497 e. The molecule has 1 aliphatic rings. The highest BCUT2D eigenvalue weighted by molar-refractivity contribution is 7.10. The topological polar surface area (TPSA) is 55.7 Å². The Hall–Kier alpha value is -3.71. The third-order valence-corrected chi connectivity index (χ3v) is 6.56. The van der Waals surface area contributed by atoms with E-state index in [2.05, 4.69) is 40.3 Å². The molecule has 3 heterocycles. The zero-order valence-corrected chi connectivity index (χ0v) is 18.6. The van der Waals surface area contributed by atoms with E-state index in [1.165, 1.54) is 0 Å². The van der Waals surface area contributed by atoms with Crippen LogP contribution in [0.4, 0.5) is 10.5 Å². The summed E-state index contributed by atoms with van der Waals surface area (Å²) in [6, 6.07) is 21.4. The first-order valence-corrected chi connectivity index (χ1v) is 11.2. The number of rotatable bonds is 4. The normalized spacial score (nSPS) is 14.8. The number of urea groups is 1. The van der Waals surface area contributed by atoms with Crippen molar-refractivity contribution in [1.29, 1.82) is 0 Å². The summed E-state index contributed by atoms with van der Waals surface area (Å²) in [5.41, 5.74) is 3.84. The Kier molecular flexibility index (Phi) is 5.33. The van der Waals surface area contributed by atoms with Gasteiger partial charge in [-0.1, -0.05) is 24.3 Å². The lowest BCUT2D eigenvalue weighted by atomic mass is 10.1. The Bertz CT molecular complexity index is 1230. The molecule has 0 unspecified atom stereocenters. The van der Waals surface area contributed by atoms with Crippen LogP contribution in [-0.4, -0.2) is 29.7 Å². The summed E-state index contributed by atoms with van der Waals surface area (Å²) < 4.78 is 12.9. The Balaban J connectivity index is 1.58. The van der Waals surface area contributed by atoms with Crippen LogP contribution >= 0.6 is 11.3 Å². The molecule has 0 saturated heterocycles. The maximum Gasteiger partial charge on any atom is 0.323 e. The van der Waals surface area contributed by atoms with Crippen molar-refractivity contribution in [3.8, 4) is 17.2 Å². The summed E-state index contributed by atoms with van der Waals surface area (Å²) in [6.45, 7) is 0.480. The first-order chi connectivity index (χ1) is 15.7. The number of methoxy groups -OCH3 is 2. The van der Waals surface area contributed by atoms with Gasteiger partial charge in [0, 0.05) is 35.0 Å². The van der Waals surface area contributed by atoms with Gasteiger partial charge in [-0.15, -0.1) is 11.3 Å². The third kappa shape index (κ3) is 3.61. The summed E-state index contributed by atoms with van der Waals surface area (Å²) in [5.74, 6) is 1.23. The Morgan fingerprint density at radius 3 is 2.50 bits per heavy atom. The zero-order chi connectivity index (χ0) is 22.1. The molecule has 2 amide bonds. The lowest BCUT2D eigenvalue weighted by molar-refractivity contribution is 0.195. The zero-order valence-electron chi connectivity index (χ0n) is 17.8. The molecule has 6 nitrogen and oxygen atoms in total. The van der Waals surface area contributed by atoms with Crippen LogP contribution in [0.3, 0.4) is 0 Å². The highest BCUT2D eigenvalue weighted by Gasteiger charge is 2.33. The predicted molar refractivity (Wildman–Crippen MR) is 126 cm³/mol. The van der Waals surface area contributed by atoms with Crippen LogP contribution in [0.15, 0.2) is 78.3 Å². The van der Waals surface area contributed by atoms with Gasteiger partial charge >= 0.3 is 6.03 Å². The van der Waals surface area contributed by atoms with Gasteiger partial charge in [-0.25, -0.2) is 4.79 Å². The minimum atomic E-state index is -0.218. The molecule has 2 aromatic carbocycles. The number of carbonyl (C=O) groups is 1. The van der Waals surface area contributed by atoms with E-state index in [1.54, 1.807) is 43.8 Å². The van der Waals surface area contributed by atoms with Gasteiger partial charge in [0.05, 0.1) is 32.1 Å². The monoisotopic (exact) mass is 445 g/mol. The average Bonchev–Trinajstić information content (AvgIpc) is 3.50. The summed E-state index contributed by atoms with van der Waals surface area (Å²) in [7, 11) is 3.18. The number of nitrogens with zero attached hydrogens (tertiary/aromatic N) is 2. The van der Waals surface area contributed by atoms with Crippen LogP contribution in [0.25, 0.3) is 5.69 Å². The highest BCUT2D eigenvalue weighted by atomic mass is 32.1. The fraction of sp³-hybridized carbons (Fsp3) is 0.160. The summed E-state index contributed by atoms with van der Waals surface area (Å²) in [4.78, 5) is 16.7. The molecule has 0 fully saturated rings. The lowest BCUT2D eigenvalue weighted by Gasteiger charge is -2.30. The van der Waals surface area contributed by atoms with Crippen molar-refractivity contribution in [3.05, 3.63) is 94.4 Å². The van der Waals surface area contributed by atoms with Gasteiger partial charge in [0.1, 0.15) is 17.5 Å². The standard InChI is InChI=1S/C25H23N3O3S/c1-30-19-13-18(14-20(15-19)31-2)26-25(29)28-16-17-7-3-4-8-21(17)27-11-5-9-22(27)24(28)23-10-6-12-32-23/h3-15,24H,16H2,1-2H3,(H,26,29)/t24-/m1/s1. The van der Waals surface area contributed by atoms with E-state index in [-0.39, 0.29) is 12.1 Å². The minimum absolute atomic E-state index is 0.192. The van der Waals surface area contributed by atoms with Crippen LogP contribution in [0, 0.1) is 0 Å². The summed E-state index contributed by atoms with van der Waals surface area (Å²) in [6.07, 6.45) is 2.06. The highest BCUT2D eigenvalue weighted by Crippen LogP contribution is 2.38. The van der Waals surface area contributed by atoms with E-state index in [1.807, 2.05) is 34.5 Å². The van der Waals surface area contributed by atoms with Crippen molar-refractivity contribution in [1.82, 2.24) is 9.47 Å². The van der Waals surface area contributed by atoms with E-state index in [9.17, 15) is 4.79 Å². The van der Waals surface area contributed by atoms with Gasteiger partial charge in [0.2, 0.25) is 0 Å². The smallest absolute Gasteiger partial charge is 0.323 e. The van der Waals surface area contributed by atoms with Gasteiger partial charge < -0.3 is 24.3 Å². The van der Waals surface area contributed by atoms with E-state index >= 15 is 0 Å². The minimum Gasteiger partial charge on any atom is -0.497 e. The Morgan fingerprint density at radius 1 is 1.00 bits per heavy atom. The first-order valence-electron chi connectivity index (χ1n) is 10.3. The third-order valence-electron chi connectivity index (χ3n) is 5.64. The van der Waals surface area contributed by atoms with Gasteiger partial charge in [-0.05, 0) is 35.2 Å². The molecule has 7 heteroatoms. The van der Waals surface area contributed by atoms with Crippen LogP contribution < -0.4 is 14.8 Å². The second-order valence-electron chi connectivity index (χ2n) is 7.51. The number of hydrogen-bond acceptors (Lipinski definition) is 4. The van der Waals surface area contributed by atoms with E-state index in [0.29, 0.717) is 23.7 Å². The predicted octanol–water partition coefficient (Wildman–Crippen LogP) is 5.69. The second kappa shape index (κ2) is 8.43. The van der Waals surface area contributed by atoms with Gasteiger partial charge in [0.15, 0.2) is 0 Å². The van der Waals surface area contributed by atoms with Crippen molar-refractivity contribution < 1.29 is 14.3 Å². The van der Waals surface area contributed by atoms with Crippen molar-refractivity contribution in [2.75, 3.05) is 19.5 Å². The Morgan fingerprint density at radius 2 is 1.78 bits per heavy atom. The van der Waals surface area contributed by atoms with Crippen molar-refractivity contribution in [2.45, 2.75) is 12.6 Å². The summed E-state index contributed by atoms with van der Waals surface area (Å²) >= 11 is 1.65. The van der Waals surface area contributed by atoms with E-state index < -0.39 is 0 Å². The summed E-state index contributed by atoms with van der Waals surface area (Å²) in [5, 5.41) is 5.10. The van der Waals surface area contributed by atoms with Gasteiger partial charge in [-0.2, -0.15) is 0 Å². The molecule has 0 saturated carbocycles. The molecular weight excluding hydrogens is 422 g/mol. The van der Waals surface area contributed by atoms with E-state index in [4.69, 9.17) is 9.47 Å². The maximum absolute atomic E-state index is 13.7. The van der Waals surface area contributed by atoms with Gasteiger partial charge in [0.25, 0.3) is 0 Å². The fourth-order valence-corrected chi connectivity index (χ4v) is 5.01. The van der Waals surface area contributed by atoms with E-state index in [0.717, 1.165) is 21.8 Å². The molecule has 2 aromatic heterocycles. The molecular formula is C25H23N3O3S. The number of fused-ring (bicyclic) bond motifs is 3. The molecule has 0 bridgehead atoms. The maximum atomic E-state index is 13.7. The quantitative estimate of drug-likeness (QED) is 0.439. The van der Waals surface area contributed by atoms with Crippen molar-refractivity contribution in [2.24, 2.45) is 0 Å². The molecule has 1 N–H and O–H groups in total. The van der Waals surface area contributed by atoms with Crippen LogP contribution in [-0.2, 0) is 6.54 Å². The van der Waals surface area contributed by atoms with Gasteiger partial charge in [-0.3, -0.25) is 0 Å². The van der Waals surface area contributed by atoms with Crippen LogP contribution in [0.5, 0.6) is 11.5 Å². The number of thiophene rings is 1. The Labute approximate surface area is 190 Å². The number of nitrogens with one attached hydrogen (secondary N) is 1.